The van der Waals surface area contributed by atoms with Gasteiger partial charge in [0.05, 0.1) is 6.61 Å². The van der Waals surface area contributed by atoms with Crippen LogP contribution in [0.3, 0.4) is 0 Å². The van der Waals surface area contributed by atoms with Gasteiger partial charge in [0, 0.05) is 13.0 Å². The average molecular weight is 508 g/mol. The van der Waals surface area contributed by atoms with Crippen LogP contribution >= 0.6 is 0 Å². The van der Waals surface area contributed by atoms with Crippen molar-refractivity contribution in [3.63, 3.8) is 0 Å². The number of carbonyl (C=O) groups excluding carboxylic acids is 1. The zero-order valence-corrected chi connectivity index (χ0v) is 21.1. The standard InChI is InChI=1S/C31H35F2NO3/c32-31(33)18-27(31)30(36)34-11-1-2-12-37-26-9-5-22(6-10-26)28(21-3-7-25(35)8-4-21)29-23-14-19-13-20(16-23)17-24(29)15-19/h3-10,19-20,23-24,27,35H,1-2,11-18H2,(H,34,36). The second-order valence-electron chi connectivity index (χ2n) is 11.6. The summed E-state index contributed by atoms with van der Waals surface area (Å²) in [5, 5.41) is 12.5. The van der Waals surface area contributed by atoms with Crippen LogP contribution in [-0.4, -0.2) is 30.1 Å². The quantitative estimate of drug-likeness (QED) is 0.377. The van der Waals surface area contributed by atoms with E-state index in [0.29, 0.717) is 31.4 Å². The predicted octanol–water partition coefficient (Wildman–Crippen LogP) is 6.58. The Labute approximate surface area is 217 Å². The Kier molecular flexibility index (Phi) is 6.46. The highest BCUT2D eigenvalue weighted by molar-refractivity contribution is 5.84. The van der Waals surface area contributed by atoms with Gasteiger partial charge in [-0.1, -0.05) is 29.8 Å². The minimum Gasteiger partial charge on any atom is -0.508 e. The number of aromatic hydroxyl groups is 1. The maximum Gasteiger partial charge on any atom is 0.260 e. The van der Waals surface area contributed by atoms with E-state index in [1.54, 1.807) is 17.7 Å². The van der Waals surface area contributed by atoms with Gasteiger partial charge in [-0.3, -0.25) is 4.79 Å². The summed E-state index contributed by atoms with van der Waals surface area (Å²) >= 11 is 0. The molecule has 4 bridgehead atoms. The molecule has 7 rings (SSSR count). The molecular formula is C31H35F2NO3. The Bertz CT molecular complexity index is 1140. The lowest BCUT2D eigenvalue weighted by Gasteiger charge is -2.52. The smallest absolute Gasteiger partial charge is 0.260 e. The van der Waals surface area contributed by atoms with Crippen molar-refractivity contribution < 1.29 is 23.4 Å². The molecule has 0 aromatic heterocycles. The van der Waals surface area contributed by atoms with Gasteiger partial charge in [-0.05, 0) is 110 Å². The number of allylic oxidation sites excluding steroid dienone is 1. The summed E-state index contributed by atoms with van der Waals surface area (Å²) in [5.41, 5.74) is 5.31. The van der Waals surface area contributed by atoms with E-state index in [9.17, 15) is 18.7 Å². The summed E-state index contributed by atoms with van der Waals surface area (Å²) < 4.78 is 31.8. The minimum atomic E-state index is -2.81. The fraction of sp³-hybridized carbons (Fsp3) is 0.516. The predicted molar refractivity (Wildman–Crippen MR) is 138 cm³/mol. The maximum atomic E-state index is 12.9. The Balaban J connectivity index is 1.10. The van der Waals surface area contributed by atoms with Crippen LogP contribution in [0.4, 0.5) is 8.78 Å². The molecule has 5 aliphatic carbocycles. The van der Waals surface area contributed by atoms with Gasteiger partial charge in [0.1, 0.15) is 17.4 Å². The summed E-state index contributed by atoms with van der Waals surface area (Å²) in [4.78, 5) is 11.6. The van der Waals surface area contributed by atoms with Crippen LogP contribution in [0.25, 0.3) is 5.57 Å². The van der Waals surface area contributed by atoms with Gasteiger partial charge in [-0.15, -0.1) is 0 Å². The molecule has 4 nitrogen and oxygen atoms in total. The molecule has 37 heavy (non-hydrogen) atoms. The summed E-state index contributed by atoms with van der Waals surface area (Å²) in [5.74, 6) is -0.283. The van der Waals surface area contributed by atoms with Crippen molar-refractivity contribution in [3.8, 4) is 11.5 Å². The Morgan fingerprint density at radius 2 is 1.46 bits per heavy atom. The first-order chi connectivity index (χ1) is 17.9. The fourth-order valence-corrected chi connectivity index (χ4v) is 7.20. The molecule has 5 fully saturated rings. The third kappa shape index (κ3) is 5.12. The van der Waals surface area contributed by atoms with Crippen LogP contribution < -0.4 is 10.1 Å². The van der Waals surface area contributed by atoms with E-state index in [4.69, 9.17) is 4.74 Å². The third-order valence-corrected chi connectivity index (χ3v) is 8.89. The van der Waals surface area contributed by atoms with Crippen LogP contribution in [0.1, 0.15) is 62.5 Å². The van der Waals surface area contributed by atoms with Crippen molar-refractivity contribution in [1.82, 2.24) is 5.32 Å². The third-order valence-electron chi connectivity index (χ3n) is 8.89. The Morgan fingerprint density at radius 1 is 0.892 bits per heavy atom. The first-order valence-corrected chi connectivity index (χ1v) is 13.8. The van der Waals surface area contributed by atoms with Gasteiger partial charge in [0.25, 0.3) is 5.92 Å². The number of ether oxygens (including phenoxy) is 1. The van der Waals surface area contributed by atoms with Gasteiger partial charge < -0.3 is 15.2 Å². The molecule has 1 atom stereocenters. The maximum absolute atomic E-state index is 12.9. The van der Waals surface area contributed by atoms with Gasteiger partial charge in [0.15, 0.2) is 0 Å². The number of hydrogen-bond donors (Lipinski definition) is 2. The number of halogens is 2. The van der Waals surface area contributed by atoms with E-state index >= 15 is 0 Å². The molecule has 2 N–H and O–H groups in total. The van der Waals surface area contributed by atoms with E-state index in [-0.39, 0.29) is 12.2 Å². The molecule has 2 aromatic rings. The molecule has 0 radical (unpaired) electrons. The number of hydrogen-bond acceptors (Lipinski definition) is 3. The minimum absolute atomic E-state index is 0.284. The van der Waals surface area contributed by atoms with Crippen molar-refractivity contribution in [1.29, 1.82) is 0 Å². The van der Waals surface area contributed by atoms with Crippen molar-refractivity contribution >= 4 is 11.5 Å². The van der Waals surface area contributed by atoms with Crippen LogP contribution in [0.2, 0.25) is 0 Å². The number of benzene rings is 2. The van der Waals surface area contributed by atoms with E-state index < -0.39 is 17.7 Å². The number of alkyl halides is 2. The van der Waals surface area contributed by atoms with Crippen molar-refractivity contribution in [2.45, 2.75) is 57.3 Å². The highest BCUT2D eigenvalue weighted by Gasteiger charge is 2.61. The van der Waals surface area contributed by atoms with Crippen molar-refractivity contribution in [2.75, 3.05) is 13.2 Å². The molecule has 196 valence electrons. The number of rotatable bonds is 9. The number of phenols is 1. The lowest BCUT2D eigenvalue weighted by atomic mass is 9.53. The molecular weight excluding hydrogens is 472 g/mol. The number of nitrogens with one attached hydrogen (secondary N) is 1. The molecule has 0 aliphatic heterocycles. The zero-order valence-electron chi connectivity index (χ0n) is 21.1. The summed E-state index contributed by atoms with van der Waals surface area (Å²) in [6, 6.07) is 16.0. The first kappa shape index (κ1) is 24.4. The Morgan fingerprint density at radius 3 is 2.03 bits per heavy atom. The lowest BCUT2D eigenvalue weighted by Crippen LogP contribution is -2.40. The summed E-state index contributed by atoms with van der Waals surface area (Å²) in [7, 11) is 0. The largest absolute Gasteiger partial charge is 0.508 e. The van der Waals surface area contributed by atoms with E-state index in [1.807, 2.05) is 24.3 Å². The molecule has 5 saturated carbocycles. The molecule has 2 aromatic carbocycles. The summed E-state index contributed by atoms with van der Waals surface area (Å²) in [6.45, 7) is 0.898. The van der Waals surface area contributed by atoms with E-state index in [2.05, 4.69) is 17.4 Å². The first-order valence-electron chi connectivity index (χ1n) is 13.8. The van der Waals surface area contributed by atoms with Gasteiger partial charge in [-0.25, -0.2) is 8.78 Å². The van der Waals surface area contributed by atoms with Crippen molar-refractivity contribution in [3.05, 3.63) is 65.2 Å². The second-order valence-corrected chi connectivity index (χ2v) is 11.6. The number of unbranched alkanes of at least 4 members (excludes halogenated alkanes) is 1. The Hall–Kier alpha value is -2.89. The lowest BCUT2D eigenvalue weighted by molar-refractivity contribution is -0.124. The molecule has 1 unspecified atom stereocenters. The van der Waals surface area contributed by atoms with Crippen molar-refractivity contribution in [2.24, 2.45) is 29.6 Å². The number of phenolic OH excluding ortho intramolecular Hbond substituents is 1. The highest BCUT2D eigenvalue weighted by Crippen LogP contribution is 2.58. The normalized spacial score (nSPS) is 28.7. The SMILES string of the molecule is O=C(NCCCCOc1ccc(C(=C2C3CC4CC(C3)CC2C4)c2ccc(O)cc2)cc1)C1CC1(F)F. The van der Waals surface area contributed by atoms with Crippen LogP contribution in [-0.2, 0) is 4.79 Å². The van der Waals surface area contributed by atoms with Gasteiger partial charge in [-0.2, -0.15) is 0 Å². The molecule has 0 heterocycles. The number of carbonyl (C=O) groups is 1. The average Bonchev–Trinajstić information content (AvgIpc) is 3.52. The molecule has 5 aliphatic rings. The topological polar surface area (TPSA) is 58.6 Å². The van der Waals surface area contributed by atoms with Gasteiger partial charge in [0.2, 0.25) is 5.91 Å². The van der Waals surface area contributed by atoms with Gasteiger partial charge >= 0.3 is 0 Å². The van der Waals surface area contributed by atoms with Crippen LogP contribution in [0.5, 0.6) is 11.5 Å². The second kappa shape index (κ2) is 9.77. The molecule has 0 saturated heterocycles. The highest BCUT2D eigenvalue weighted by atomic mass is 19.3. The monoisotopic (exact) mass is 507 g/mol. The molecule has 6 heteroatoms. The molecule has 1 amide bonds. The summed E-state index contributed by atoms with van der Waals surface area (Å²) in [6.07, 6.45) is 7.77. The zero-order chi connectivity index (χ0) is 25.6. The molecule has 0 spiro atoms. The number of amides is 1. The van der Waals surface area contributed by atoms with Crippen LogP contribution in [0.15, 0.2) is 54.1 Å². The van der Waals surface area contributed by atoms with E-state index in [1.165, 1.54) is 48.8 Å². The van der Waals surface area contributed by atoms with Crippen LogP contribution in [0, 0.1) is 29.6 Å². The fourth-order valence-electron chi connectivity index (χ4n) is 7.20. The van der Waals surface area contributed by atoms with E-state index in [0.717, 1.165) is 24.0 Å².